The second-order valence-corrected chi connectivity index (χ2v) is 9.43. The third kappa shape index (κ3) is 6.85. The Morgan fingerprint density at radius 2 is 1.72 bits per heavy atom. The van der Waals surface area contributed by atoms with E-state index in [1.54, 1.807) is 36.4 Å². The van der Waals surface area contributed by atoms with Gasteiger partial charge in [0.25, 0.3) is 5.91 Å². The van der Waals surface area contributed by atoms with Crippen molar-refractivity contribution in [3.8, 4) is 5.75 Å². The van der Waals surface area contributed by atoms with E-state index < -0.39 is 0 Å². The molecule has 6 nitrogen and oxygen atoms in total. The standard InChI is InChI=1S/C27H20BrCl2N3O3/c28-22-12-17(8-11-25(22)36-16-27(35)32-20-9-10-23(29)24(30)14-20)15-31-33-26(34)13-19-6-3-5-18-4-1-2-7-21(18)19/h1-12,14-15H,13,16H2,(H,32,35)(H,33,34)/b31-15+. The van der Waals surface area contributed by atoms with Gasteiger partial charge in [-0.3, -0.25) is 9.59 Å². The average molecular weight is 585 g/mol. The van der Waals surface area contributed by atoms with Crippen LogP contribution in [0.25, 0.3) is 10.8 Å². The van der Waals surface area contributed by atoms with Crippen molar-refractivity contribution in [1.82, 2.24) is 5.43 Å². The molecule has 9 heteroatoms. The molecule has 0 aliphatic heterocycles. The number of benzene rings is 4. The molecule has 0 bridgehead atoms. The summed E-state index contributed by atoms with van der Waals surface area (Å²) in [7, 11) is 0. The number of hydrogen-bond donors (Lipinski definition) is 2. The maximum atomic E-state index is 12.4. The van der Waals surface area contributed by atoms with Crippen LogP contribution in [0.5, 0.6) is 5.75 Å². The van der Waals surface area contributed by atoms with Crippen LogP contribution in [-0.2, 0) is 16.0 Å². The Hall–Kier alpha value is -3.39. The van der Waals surface area contributed by atoms with Gasteiger partial charge in [0.1, 0.15) is 5.75 Å². The van der Waals surface area contributed by atoms with E-state index in [0.29, 0.717) is 26.0 Å². The quantitative estimate of drug-likeness (QED) is 0.180. The summed E-state index contributed by atoms with van der Waals surface area (Å²) in [6, 6.07) is 23.9. The van der Waals surface area contributed by atoms with Crippen molar-refractivity contribution in [3.05, 3.63) is 105 Å². The zero-order chi connectivity index (χ0) is 25.5. The summed E-state index contributed by atoms with van der Waals surface area (Å²) in [6.07, 6.45) is 1.76. The van der Waals surface area contributed by atoms with E-state index in [4.69, 9.17) is 27.9 Å². The van der Waals surface area contributed by atoms with E-state index in [1.807, 2.05) is 42.5 Å². The normalized spacial score (nSPS) is 11.0. The number of nitrogens with one attached hydrogen (secondary N) is 2. The predicted octanol–water partition coefficient (Wildman–Crippen LogP) is 6.62. The highest BCUT2D eigenvalue weighted by Crippen LogP contribution is 2.27. The zero-order valence-electron chi connectivity index (χ0n) is 18.8. The number of anilines is 1. The Labute approximate surface area is 226 Å². The van der Waals surface area contributed by atoms with Crippen LogP contribution in [0.4, 0.5) is 5.69 Å². The molecule has 0 unspecified atom stereocenters. The number of nitrogens with zero attached hydrogens (tertiary/aromatic N) is 1. The molecule has 0 saturated heterocycles. The molecule has 0 aliphatic carbocycles. The van der Waals surface area contributed by atoms with E-state index in [0.717, 1.165) is 21.9 Å². The highest BCUT2D eigenvalue weighted by atomic mass is 79.9. The fourth-order valence-electron chi connectivity index (χ4n) is 3.47. The number of fused-ring (bicyclic) bond motifs is 1. The van der Waals surface area contributed by atoms with Crippen LogP contribution in [0.2, 0.25) is 10.0 Å². The van der Waals surface area contributed by atoms with Crippen molar-refractivity contribution in [2.24, 2.45) is 5.10 Å². The lowest BCUT2D eigenvalue weighted by molar-refractivity contribution is -0.120. The fraction of sp³-hybridized carbons (Fsp3) is 0.0741. The minimum atomic E-state index is -0.347. The smallest absolute Gasteiger partial charge is 0.262 e. The first-order valence-electron chi connectivity index (χ1n) is 10.8. The highest BCUT2D eigenvalue weighted by Gasteiger charge is 2.09. The number of carbonyl (C=O) groups excluding carboxylic acids is 2. The zero-order valence-corrected chi connectivity index (χ0v) is 21.9. The Kier molecular flexibility index (Phi) is 8.59. The molecule has 0 aliphatic rings. The first-order chi connectivity index (χ1) is 17.4. The number of halogens is 3. The minimum absolute atomic E-state index is 0.198. The second kappa shape index (κ2) is 12.0. The van der Waals surface area contributed by atoms with Gasteiger partial charge in [-0.2, -0.15) is 5.10 Å². The van der Waals surface area contributed by atoms with Crippen molar-refractivity contribution >= 4 is 73.6 Å². The summed E-state index contributed by atoms with van der Waals surface area (Å²) in [5.74, 6) is -0.0779. The van der Waals surface area contributed by atoms with Gasteiger partial charge >= 0.3 is 0 Å². The van der Waals surface area contributed by atoms with Gasteiger partial charge in [0.05, 0.1) is 27.2 Å². The highest BCUT2D eigenvalue weighted by molar-refractivity contribution is 9.10. The number of amides is 2. The van der Waals surface area contributed by atoms with E-state index in [9.17, 15) is 9.59 Å². The Bertz CT molecular complexity index is 1450. The summed E-state index contributed by atoms with van der Waals surface area (Å²) in [5, 5.41) is 9.63. The lowest BCUT2D eigenvalue weighted by Gasteiger charge is -2.10. The summed E-state index contributed by atoms with van der Waals surface area (Å²) in [4.78, 5) is 24.6. The molecule has 0 radical (unpaired) electrons. The maximum Gasteiger partial charge on any atom is 0.262 e. The van der Waals surface area contributed by atoms with Crippen LogP contribution in [0.1, 0.15) is 11.1 Å². The largest absolute Gasteiger partial charge is 0.483 e. The Morgan fingerprint density at radius 1 is 0.917 bits per heavy atom. The van der Waals surface area contributed by atoms with Gasteiger partial charge < -0.3 is 10.1 Å². The van der Waals surface area contributed by atoms with Crippen LogP contribution < -0.4 is 15.5 Å². The summed E-state index contributed by atoms with van der Waals surface area (Å²) < 4.78 is 6.23. The molecule has 0 saturated carbocycles. The number of carbonyl (C=O) groups is 2. The Balaban J connectivity index is 1.29. The predicted molar refractivity (Wildman–Crippen MR) is 148 cm³/mol. The average Bonchev–Trinajstić information content (AvgIpc) is 2.86. The lowest BCUT2D eigenvalue weighted by Crippen LogP contribution is -2.20. The lowest BCUT2D eigenvalue weighted by atomic mass is 10.0. The minimum Gasteiger partial charge on any atom is -0.483 e. The molecule has 0 atom stereocenters. The van der Waals surface area contributed by atoms with Crippen LogP contribution in [0.15, 0.2) is 88.4 Å². The Morgan fingerprint density at radius 3 is 2.53 bits per heavy atom. The molecule has 36 heavy (non-hydrogen) atoms. The summed E-state index contributed by atoms with van der Waals surface area (Å²) in [6.45, 7) is -0.198. The molecule has 4 aromatic rings. The molecule has 4 rings (SSSR count). The molecule has 2 amide bonds. The third-order valence-electron chi connectivity index (χ3n) is 5.15. The molecule has 0 heterocycles. The second-order valence-electron chi connectivity index (χ2n) is 7.76. The van der Waals surface area contributed by atoms with Crippen LogP contribution >= 0.6 is 39.1 Å². The molecule has 0 fully saturated rings. The van der Waals surface area contributed by atoms with Gasteiger partial charge in [-0.1, -0.05) is 65.7 Å². The van der Waals surface area contributed by atoms with Crippen molar-refractivity contribution in [2.45, 2.75) is 6.42 Å². The summed E-state index contributed by atoms with van der Waals surface area (Å²) >= 11 is 15.3. The molecule has 0 aromatic heterocycles. The van der Waals surface area contributed by atoms with Gasteiger partial charge in [0.2, 0.25) is 5.91 Å². The van der Waals surface area contributed by atoms with Crippen LogP contribution in [-0.4, -0.2) is 24.6 Å². The fourth-order valence-corrected chi connectivity index (χ4v) is 4.28. The first-order valence-corrected chi connectivity index (χ1v) is 12.4. The molecule has 4 aromatic carbocycles. The third-order valence-corrected chi connectivity index (χ3v) is 6.51. The van der Waals surface area contributed by atoms with E-state index in [2.05, 4.69) is 31.8 Å². The van der Waals surface area contributed by atoms with Crippen molar-refractivity contribution in [3.63, 3.8) is 0 Å². The van der Waals surface area contributed by atoms with Crippen LogP contribution in [0, 0.1) is 0 Å². The van der Waals surface area contributed by atoms with Gasteiger partial charge in [-0.25, -0.2) is 5.43 Å². The molecule has 0 spiro atoms. The van der Waals surface area contributed by atoms with Gasteiger partial charge in [0, 0.05) is 5.69 Å². The maximum absolute atomic E-state index is 12.4. The molecular formula is C27H20BrCl2N3O3. The number of ether oxygens (including phenoxy) is 1. The first kappa shape index (κ1) is 25.7. The van der Waals surface area contributed by atoms with E-state index in [1.165, 1.54) is 6.21 Å². The summed E-state index contributed by atoms with van der Waals surface area (Å²) in [5.41, 5.74) is 4.76. The molecular weight excluding hydrogens is 565 g/mol. The van der Waals surface area contributed by atoms with Crippen LogP contribution in [0.3, 0.4) is 0 Å². The molecule has 182 valence electrons. The van der Waals surface area contributed by atoms with Crippen molar-refractivity contribution < 1.29 is 14.3 Å². The van der Waals surface area contributed by atoms with Gasteiger partial charge in [-0.05, 0) is 74.2 Å². The topological polar surface area (TPSA) is 79.8 Å². The monoisotopic (exact) mass is 583 g/mol. The number of hydrazone groups is 1. The van der Waals surface area contributed by atoms with Crippen molar-refractivity contribution in [1.29, 1.82) is 0 Å². The van der Waals surface area contributed by atoms with E-state index >= 15 is 0 Å². The van der Waals surface area contributed by atoms with Gasteiger partial charge in [0.15, 0.2) is 6.61 Å². The van der Waals surface area contributed by atoms with Crippen molar-refractivity contribution in [2.75, 3.05) is 11.9 Å². The SMILES string of the molecule is O=C(Cc1cccc2ccccc12)N/N=C/c1ccc(OCC(=O)Nc2ccc(Cl)c(Cl)c2)c(Br)c1. The van der Waals surface area contributed by atoms with E-state index in [-0.39, 0.29) is 24.8 Å². The van der Waals surface area contributed by atoms with Gasteiger partial charge in [-0.15, -0.1) is 0 Å². The number of rotatable bonds is 8. The number of hydrogen-bond acceptors (Lipinski definition) is 4. The molecule has 2 N–H and O–H groups in total.